The first kappa shape index (κ1) is 10.1. The number of furan rings is 1. The van der Waals surface area contributed by atoms with Crippen molar-refractivity contribution in [3.8, 4) is 0 Å². The van der Waals surface area contributed by atoms with Gasteiger partial charge in [-0.3, -0.25) is 5.32 Å². The summed E-state index contributed by atoms with van der Waals surface area (Å²) >= 11 is 8.63. The van der Waals surface area contributed by atoms with Crippen molar-refractivity contribution in [1.82, 2.24) is 5.32 Å². The van der Waals surface area contributed by atoms with Gasteiger partial charge in [-0.25, -0.2) is 0 Å². The molecule has 1 unspecified atom stereocenters. The van der Waals surface area contributed by atoms with Gasteiger partial charge in [0.2, 0.25) is 0 Å². The van der Waals surface area contributed by atoms with E-state index in [2.05, 4.69) is 37.2 Å². The first-order valence-corrected chi connectivity index (χ1v) is 6.70. The van der Waals surface area contributed by atoms with Gasteiger partial charge in [0.15, 0.2) is 4.67 Å². The fourth-order valence-electron chi connectivity index (χ4n) is 1.24. The topological polar surface area (TPSA) is 25.2 Å². The van der Waals surface area contributed by atoms with E-state index in [9.17, 15) is 0 Å². The molecule has 0 aromatic carbocycles. The van der Waals surface area contributed by atoms with E-state index in [1.165, 1.54) is 12.2 Å². The van der Waals surface area contributed by atoms with Gasteiger partial charge in [0, 0.05) is 0 Å². The molecule has 0 spiro atoms. The summed E-state index contributed by atoms with van der Waals surface area (Å²) in [6.45, 7) is 1.08. The Morgan fingerprint density at radius 2 is 2.38 bits per heavy atom. The van der Waals surface area contributed by atoms with Crippen LogP contribution in [0.1, 0.15) is 17.6 Å². The highest BCUT2D eigenvalue weighted by Gasteiger charge is 2.19. The molecule has 1 N–H and O–H groups in total. The Morgan fingerprint density at radius 1 is 1.54 bits per heavy atom. The van der Waals surface area contributed by atoms with Crippen LogP contribution in [0.25, 0.3) is 0 Å². The largest absolute Gasteiger partial charge is 0.451 e. The van der Waals surface area contributed by atoms with E-state index in [0.29, 0.717) is 5.37 Å². The van der Waals surface area contributed by atoms with E-state index in [4.69, 9.17) is 4.42 Å². The molecule has 0 bridgehead atoms. The third-order valence-electron chi connectivity index (χ3n) is 1.86. The molecule has 1 aromatic rings. The molecule has 72 valence electrons. The summed E-state index contributed by atoms with van der Waals surface area (Å²) in [5.74, 6) is 2.19. The normalized spacial score (nSPS) is 23.4. The molecule has 1 aliphatic heterocycles. The van der Waals surface area contributed by atoms with Crippen LogP contribution in [-0.2, 0) is 0 Å². The molecular formula is C8H9Br2NOS. The number of hydrogen-bond acceptors (Lipinski definition) is 3. The molecule has 2 nitrogen and oxygen atoms in total. The maximum atomic E-state index is 5.54. The fraction of sp³-hybridized carbons (Fsp3) is 0.500. The number of thioether (sulfide) groups is 1. The highest BCUT2D eigenvalue weighted by Crippen LogP contribution is 2.35. The molecule has 1 saturated heterocycles. The Hall–Kier alpha value is 0.550. The molecule has 1 aliphatic rings. The summed E-state index contributed by atoms with van der Waals surface area (Å²) in [5, 5.41) is 3.72. The molecule has 0 aliphatic carbocycles. The number of hydrogen-bond donors (Lipinski definition) is 1. The molecule has 0 saturated carbocycles. The molecule has 2 rings (SSSR count). The Bertz CT molecular complexity index is 277. The molecule has 0 amide bonds. The van der Waals surface area contributed by atoms with Gasteiger partial charge in [-0.2, -0.15) is 0 Å². The number of rotatable bonds is 1. The van der Waals surface area contributed by atoms with Gasteiger partial charge >= 0.3 is 0 Å². The van der Waals surface area contributed by atoms with Gasteiger partial charge in [0.25, 0.3) is 0 Å². The minimum absolute atomic E-state index is 0.316. The van der Waals surface area contributed by atoms with Gasteiger partial charge in [-0.1, -0.05) is 0 Å². The smallest absolute Gasteiger partial charge is 0.183 e. The third-order valence-corrected chi connectivity index (χ3v) is 4.82. The van der Waals surface area contributed by atoms with E-state index in [-0.39, 0.29) is 0 Å². The lowest BCUT2D eigenvalue weighted by Gasteiger charge is -2.20. The van der Waals surface area contributed by atoms with E-state index in [0.717, 1.165) is 21.4 Å². The average molecular weight is 327 g/mol. The Morgan fingerprint density at radius 3 is 2.92 bits per heavy atom. The SMILES string of the molecule is Brc1cc(C2NCCCS2)oc1Br. The molecular weight excluding hydrogens is 318 g/mol. The van der Waals surface area contributed by atoms with Crippen LogP contribution in [0.4, 0.5) is 0 Å². The zero-order valence-corrected chi connectivity index (χ0v) is 10.8. The van der Waals surface area contributed by atoms with Gasteiger partial charge in [-0.05, 0) is 56.6 Å². The van der Waals surface area contributed by atoms with Gasteiger partial charge < -0.3 is 4.42 Å². The van der Waals surface area contributed by atoms with Crippen LogP contribution in [0, 0.1) is 0 Å². The zero-order chi connectivity index (χ0) is 9.26. The number of halogens is 2. The molecule has 1 fully saturated rings. The molecule has 2 heterocycles. The molecule has 0 radical (unpaired) electrons. The summed E-state index contributed by atoms with van der Waals surface area (Å²) in [4.78, 5) is 0. The summed E-state index contributed by atoms with van der Waals surface area (Å²) < 4.78 is 7.30. The average Bonchev–Trinajstić information content (AvgIpc) is 2.49. The predicted octanol–water partition coefficient (Wildman–Crippen LogP) is 3.53. The van der Waals surface area contributed by atoms with Crippen LogP contribution < -0.4 is 5.32 Å². The second-order valence-corrected chi connectivity index (χ2v) is 5.62. The zero-order valence-electron chi connectivity index (χ0n) is 6.85. The van der Waals surface area contributed by atoms with E-state index in [1.807, 2.05) is 17.8 Å². The van der Waals surface area contributed by atoms with Crippen molar-refractivity contribution in [3.05, 3.63) is 21.0 Å². The summed E-state index contributed by atoms with van der Waals surface area (Å²) in [5.41, 5.74) is 0. The van der Waals surface area contributed by atoms with Crippen molar-refractivity contribution >= 4 is 43.6 Å². The van der Waals surface area contributed by atoms with Crippen LogP contribution >= 0.6 is 43.6 Å². The van der Waals surface area contributed by atoms with E-state index in [1.54, 1.807) is 0 Å². The van der Waals surface area contributed by atoms with E-state index < -0.39 is 0 Å². The third kappa shape index (κ3) is 2.32. The van der Waals surface area contributed by atoms with Crippen molar-refractivity contribution in [3.63, 3.8) is 0 Å². The number of nitrogens with one attached hydrogen (secondary N) is 1. The van der Waals surface area contributed by atoms with E-state index >= 15 is 0 Å². The lowest BCUT2D eigenvalue weighted by atomic mass is 10.4. The Balaban J connectivity index is 2.14. The standard InChI is InChI=1S/C8H9Br2NOS/c9-5-4-6(12-7(5)10)8-11-2-1-3-13-8/h4,8,11H,1-3H2. The summed E-state index contributed by atoms with van der Waals surface area (Å²) in [6, 6.07) is 2.01. The minimum Gasteiger partial charge on any atom is -0.451 e. The summed E-state index contributed by atoms with van der Waals surface area (Å²) in [7, 11) is 0. The van der Waals surface area contributed by atoms with Gasteiger partial charge in [0.05, 0.1) is 4.47 Å². The van der Waals surface area contributed by atoms with Crippen LogP contribution in [0.3, 0.4) is 0 Å². The van der Waals surface area contributed by atoms with Gasteiger partial charge in [0.1, 0.15) is 11.1 Å². The van der Waals surface area contributed by atoms with Crippen molar-refractivity contribution in [2.45, 2.75) is 11.8 Å². The molecule has 5 heteroatoms. The molecule has 1 atom stereocenters. The second kappa shape index (κ2) is 4.38. The first-order chi connectivity index (χ1) is 6.27. The first-order valence-electron chi connectivity index (χ1n) is 4.07. The second-order valence-electron chi connectivity index (χ2n) is 2.83. The highest BCUT2D eigenvalue weighted by atomic mass is 79.9. The quantitative estimate of drug-likeness (QED) is 0.854. The molecule has 1 aromatic heterocycles. The fourth-order valence-corrected chi connectivity index (χ4v) is 2.91. The summed E-state index contributed by atoms with van der Waals surface area (Å²) in [6.07, 6.45) is 1.24. The Labute approximate surface area is 98.1 Å². The lowest BCUT2D eigenvalue weighted by molar-refractivity contribution is 0.455. The monoisotopic (exact) mass is 325 g/mol. The van der Waals surface area contributed by atoms with Gasteiger partial charge in [-0.15, -0.1) is 11.8 Å². The maximum Gasteiger partial charge on any atom is 0.183 e. The maximum absolute atomic E-state index is 5.54. The Kier molecular flexibility index (Phi) is 3.40. The van der Waals surface area contributed by atoms with Crippen molar-refractivity contribution < 1.29 is 4.42 Å². The molecule has 13 heavy (non-hydrogen) atoms. The minimum atomic E-state index is 0.316. The van der Waals surface area contributed by atoms with Crippen molar-refractivity contribution in [1.29, 1.82) is 0 Å². The van der Waals surface area contributed by atoms with Crippen LogP contribution in [0.15, 0.2) is 19.6 Å². The lowest BCUT2D eigenvalue weighted by Crippen LogP contribution is -2.24. The van der Waals surface area contributed by atoms with Crippen LogP contribution in [-0.4, -0.2) is 12.3 Å². The highest BCUT2D eigenvalue weighted by molar-refractivity contribution is 9.13. The van der Waals surface area contributed by atoms with Crippen molar-refractivity contribution in [2.24, 2.45) is 0 Å². The van der Waals surface area contributed by atoms with Crippen LogP contribution in [0.5, 0.6) is 0 Å². The van der Waals surface area contributed by atoms with Crippen LogP contribution in [0.2, 0.25) is 0 Å². The predicted molar refractivity (Wildman–Crippen MR) is 61.9 cm³/mol. The van der Waals surface area contributed by atoms with Crippen molar-refractivity contribution in [2.75, 3.05) is 12.3 Å².